The summed E-state index contributed by atoms with van der Waals surface area (Å²) in [6.45, 7) is 0.970. The van der Waals surface area contributed by atoms with E-state index in [-0.39, 0.29) is 0 Å². The number of aromatic nitrogens is 2. The number of hydrogen-bond acceptors (Lipinski definition) is 3. The summed E-state index contributed by atoms with van der Waals surface area (Å²) in [5.74, 6) is 2.53. The molecule has 3 nitrogen and oxygen atoms in total. The molecule has 0 radical (unpaired) electrons. The first-order chi connectivity index (χ1) is 7.86. The molecule has 2 saturated carbocycles. The Morgan fingerprint density at radius 1 is 1.12 bits per heavy atom. The van der Waals surface area contributed by atoms with Gasteiger partial charge in [0.05, 0.1) is 0 Å². The Hall–Kier alpha value is -0.960. The van der Waals surface area contributed by atoms with Crippen LogP contribution in [0.25, 0.3) is 0 Å². The predicted octanol–water partition coefficient (Wildman–Crippen LogP) is 1.99. The summed E-state index contributed by atoms with van der Waals surface area (Å²) in [4.78, 5) is 9.38. The van der Waals surface area contributed by atoms with E-state index in [0.29, 0.717) is 0 Å². The molecule has 0 amide bonds. The first-order valence-electron chi connectivity index (χ1n) is 6.39. The van der Waals surface area contributed by atoms with E-state index in [1.54, 1.807) is 0 Å². The maximum Gasteiger partial charge on any atom is 0.130 e. The van der Waals surface area contributed by atoms with Crippen LogP contribution in [-0.2, 0) is 6.42 Å². The van der Waals surface area contributed by atoms with E-state index in [1.807, 2.05) is 7.05 Å². The molecule has 0 saturated heterocycles. The highest BCUT2D eigenvalue weighted by atomic mass is 14.9. The lowest BCUT2D eigenvalue weighted by Gasteiger charge is -2.06. The van der Waals surface area contributed by atoms with E-state index >= 15 is 0 Å². The van der Waals surface area contributed by atoms with E-state index < -0.39 is 0 Å². The summed E-state index contributed by atoms with van der Waals surface area (Å²) in [7, 11) is 1.98. The van der Waals surface area contributed by atoms with Gasteiger partial charge in [-0.25, -0.2) is 9.97 Å². The van der Waals surface area contributed by atoms with Crippen LogP contribution in [0.2, 0.25) is 0 Å². The SMILES string of the molecule is CNCCc1nc(C2CC2)cc(C2CC2)n1. The Bertz CT molecular complexity index is 351. The summed E-state index contributed by atoms with van der Waals surface area (Å²) in [6.07, 6.45) is 6.26. The molecular weight excluding hydrogens is 198 g/mol. The van der Waals surface area contributed by atoms with E-state index in [9.17, 15) is 0 Å². The van der Waals surface area contributed by atoms with Gasteiger partial charge >= 0.3 is 0 Å². The Kier molecular flexibility index (Phi) is 2.64. The van der Waals surface area contributed by atoms with Gasteiger partial charge in [-0.2, -0.15) is 0 Å². The van der Waals surface area contributed by atoms with Crippen molar-refractivity contribution in [2.75, 3.05) is 13.6 Å². The van der Waals surface area contributed by atoms with Gasteiger partial charge in [0.25, 0.3) is 0 Å². The van der Waals surface area contributed by atoms with Crippen molar-refractivity contribution >= 4 is 0 Å². The fourth-order valence-electron chi connectivity index (χ4n) is 2.06. The summed E-state index contributed by atoms with van der Waals surface area (Å²) in [6, 6.07) is 2.26. The Morgan fingerprint density at radius 3 is 2.12 bits per heavy atom. The Labute approximate surface area is 96.7 Å². The monoisotopic (exact) mass is 217 g/mol. The number of rotatable bonds is 5. The first kappa shape index (κ1) is 10.2. The van der Waals surface area contributed by atoms with Gasteiger partial charge in [-0.05, 0) is 38.8 Å². The summed E-state index contributed by atoms with van der Waals surface area (Å²) in [5, 5.41) is 3.16. The molecule has 1 N–H and O–H groups in total. The number of nitrogens with one attached hydrogen (secondary N) is 1. The maximum atomic E-state index is 4.69. The van der Waals surface area contributed by atoms with Crippen molar-refractivity contribution in [3.8, 4) is 0 Å². The molecule has 0 aliphatic heterocycles. The molecule has 2 fully saturated rings. The van der Waals surface area contributed by atoms with Gasteiger partial charge in [0.15, 0.2) is 0 Å². The highest BCUT2D eigenvalue weighted by Gasteiger charge is 2.30. The number of hydrogen-bond donors (Lipinski definition) is 1. The van der Waals surface area contributed by atoms with Crippen LogP contribution in [0.4, 0.5) is 0 Å². The number of nitrogens with zero attached hydrogens (tertiary/aromatic N) is 2. The zero-order valence-corrected chi connectivity index (χ0v) is 9.87. The minimum atomic E-state index is 0.744. The molecule has 0 atom stereocenters. The topological polar surface area (TPSA) is 37.8 Å². The molecule has 1 aromatic heterocycles. The highest BCUT2D eigenvalue weighted by molar-refractivity contribution is 5.24. The first-order valence-corrected chi connectivity index (χ1v) is 6.39. The van der Waals surface area contributed by atoms with Gasteiger partial charge in [-0.15, -0.1) is 0 Å². The molecule has 0 unspecified atom stereocenters. The lowest BCUT2D eigenvalue weighted by molar-refractivity contribution is 0.736. The normalized spacial score (nSPS) is 20.1. The zero-order chi connectivity index (χ0) is 11.0. The maximum absolute atomic E-state index is 4.69. The van der Waals surface area contributed by atoms with E-state index in [0.717, 1.165) is 30.6 Å². The van der Waals surface area contributed by atoms with Crippen molar-refractivity contribution in [2.24, 2.45) is 0 Å². The largest absolute Gasteiger partial charge is 0.319 e. The molecule has 86 valence electrons. The van der Waals surface area contributed by atoms with E-state index in [2.05, 4.69) is 11.4 Å². The fraction of sp³-hybridized carbons (Fsp3) is 0.692. The molecular formula is C13H19N3. The summed E-state index contributed by atoms with van der Waals surface area (Å²) in [5.41, 5.74) is 2.62. The Morgan fingerprint density at radius 2 is 1.69 bits per heavy atom. The smallest absolute Gasteiger partial charge is 0.130 e. The average molecular weight is 217 g/mol. The van der Waals surface area contributed by atoms with Crippen molar-refractivity contribution in [3.05, 3.63) is 23.3 Å². The van der Waals surface area contributed by atoms with Crippen LogP contribution in [0, 0.1) is 0 Å². The van der Waals surface area contributed by atoms with Crippen LogP contribution in [0.15, 0.2) is 6.07 Å². The molecule has 3 heteroatoms. The second-order valence-electron chi connectivity index (χ2n) is 5.04. The van der Waals surface area contributed by atoms with Crippen molar-refractivity contribution < 1.29 is 0 Å². The number of likely N-dealkylation sites (N-methyl/N-ethyl adjacent to an activating group) is 1. The van der Waals surface area contributed by atoms with Crippen molar-refractivity contribution in [3.63, 3.8) is 0 Å². The van der Waals surface area contributed by atoms with E-state index in [1.165, 1.54) is 37.1 Å². The van der Waals surface area contributed by atoms with Crippen LogP contribution in [-0.4, -0.2) is 23.6 Å². The molecule has 2 aliphatic carbocycles. The average Bonchev–Trinajstić information content (AvgIpc) is 3.19. The van der Waals surface area contributed by atoms with Gasteiger partial charge in [-0.3, -0.25) is 0 Å². The van der Waals surface area contributed by atoms with Gasteiger partial charge in [-0.1, -0.05) is 0 Å². The van der Waals surface area contributed by atoms with Gasteiger partial charge < -0.3 is 5.32 Å². The molecule has 2 aliphatic rings. The van der Waals surface area contributed by atoms with Crippen LogP contribution in [0.3, 0.4) is 0 Å². The molecule has 0 bridgehead atoms. The molecule has 1 heterocycles. The summed E-state index contributed by atoms with van der Waals surface area (Å²) >= 11 is 0. The predicted molar refractivity (Wildman–Crippen MR) is 63.6 cm³/mol. The standard InChI is InChI=1S/C13H19N3/c1-14-7-6-13-15-11(9-2-3-9)8-12(16-13)10-4-5-10/h8-10,14H,2-7H2,1H3. The third-order valence-electron chi connectivity index (χ3n) is 3.40. The minimum Gasteiger partial charge on any atom is -0.319 e. The lowest BCUT2D eigenvalue weighted by atomic mass is 10.2. The van der Waals surface area contributed by atoms with Crippen LogP contribution < -0.4 is 5.32 Å². The van der Waals surface area contributed by atoms with Crippen LogP contribution >= 0.6 is 0 Å². The van der Waals surface area contributed by atoms with Crippen molar-refractivity contribution in [1.82, 2.24) is 15.3 Å². The van der Waals surface area contributed by atoms with Crippen LogP contribution in [0.1, 0.15) is 54.7 Å². The van der Waals surface area contributed by atoms with Gasteiger partial charge in [0.2, 0.25) is 0 Å². The zero-order valence-electron chi connectivity index (χ0n) is 9.87. The second-order valence-corrected chi connectivity index (χ2v) is 5.04. The second kappa shape index (κ2) is 4.13. The Balaban J connectivity index is 1.84. The van der Waals surface area contributed by atoms with Gasteiger partial charge in [0, 0.05) is 36.2 Å². The van der Waals surface area contributed by atoms with Crippen molar-refractivity contribution in [1.29, 1.82) is 0 Å². The van der Waals surface area contributed by atoms with Crippen molar-refractivity contribution in [2.45, 2.75) is 43.9 Å². The molecule has 0 aromatic carbocycles. The minimum absolute atomic E-state index is 0.744. The quantitative estimate of drug-likeness (QED) is 0.819. The van der Waals surface area contributed by atoms with E-state index in [4.69, 9.17) is 9.97 Å². The molecule has 0 spiro atoms. The third kappa shape index (κ3) is 2.24. The molecule has 3 rings (SSSR count). The van der Waals surface area contributed by atoms with Gasteiger partial charge in [0.1, 0.15) is 5.82 Å². The molecule has 16 heavy (non-hydrogen) atoms. The van der Waals surface area contributed by atoms with Crippen LogP contribution in [0.5, 0.6) is 0 Å². The summed E-state index contributed by atoms with van der Waals surface area (Å²) < 4.78 is 0. The lowest BCUT2D eigenvalue weighted by Crippen LogP contribution is -2.13. The fourth-order valence-corrected chi connectivity index (χ4v) is 2.06. The highest BCUT2D eigenvalue weighted by Crippen LogP contribution is 2.43. The molecule has 1 aromatic rings. The third-order valence-corrected chi connectivity index (χ3v) is 3.40.